The molecule has 2 aromatic heterocycles. The summed E-state index contributed by atoms with van der Waals surface area (Å²) < 4.78 is 4.65. The van der Waals surface area contributed by atoms with E-state index < -0.39 is 0 Å². The fraction of sp³-hybridized carbons (Fsp3) is 0.105. The normalized spacial score (nSPS) is 11.2. The first-order valence-electron chi connectivity index (χ1n) is 7.69. The summed E-state index contributed by atoms with van der Waals surface area (Å²) in [5, 5.41) is 1.38. The van der Waals surface area contributed by atoms with Crippen molar-refractivity contribution < 1.29 is 4.57 Å². The predicted octanol–water partition coefficient (Wildman–Crippen LogP) is 1.67. The van der Waals surface area contributed by atoms with E-state index in [9.17, 15) is 9.59 Å². The van der Waals surface area contributed by atoms with E-state index in [1.807, 2.05) is 65.2 Å². The molecule has 24 heavy (non-hydrogen) atoms. The number of fused-ring (bicyclic) bond motifs is 3. The van der Waals surface area contributed by atoms with Crippen molar-refractivity contribution in [1.82, 2.24) is 9.13 Å². The molecule has 4 aromatic rings. The van der Waals surface area contributed by atoms with Crippen LogP contribution in [0, 0.1) is 0 Å². The molecule has 2 heterocycles. The van der Waals surface area contributed by atoms with Gasteiger partial charge in [-0.15, -0.1) is 0 Å². The van der Waals surface area contributed by atoms with Crippen molar-refractivity contribution in [3.05, 3.63) is 81.5 Å². The molecule has 0 aliphatic heterocycles. The van der Waals surface area contributed by atoms with Gasteiger partial charge in [0.1, 0.15) is 16.6 Å². The van der Waals surface area contributed by atoms with Crippen LogP contribution in [0.1, 0.15) is 0 Å². The fourth-order valence-corrected chi connectivity index (χ4v) is 3.23. The summed E-state index contributed by atoms with van der Waals surface area (Å²) in [5.74, 6) is 0. The van der Waals surface area contributed by atoms with Crippen LogP contribution < -0.4 is 15.8 Å². The topological polar surface area (TPSA) is 47.9 Å². The highest BCUT2D eigenvalue weighted by molar-refractivity contribution is 6.06. The summed E-state index contributed by atoms with van der Waals surface area (Å²) in [6, 6.07) is 19.4. The van der Waals surface area contributed by atoms with Crippen LogP contribution in [0.4, 0.5) is 0 Å². The van der Waals surface area contributed by atoms with Crippen molar-refractivity contribution in [2.24, 2.45) is 14.1 Å². The highest BCUT2D eigenvalue weighted by Crippen LogP contribution is 2.26. The van der Waals surface area contributed by atoms with Crippen LogP contribution in [-0.4, -0.2) is 9.13 Å². The molecule has 0 saturated carbocycles. The Morgan fingerprint density at radius 2 is 1.50 bits per heavy atom. The standard InChI is InChI=1S/C19H16N3O2/c1-20-17-16(18(23)21(2)19(20)24)14-11-7-4-8-12-15(14)22(17)13-9-5-3-6-10-13/h3-12H,1-2H3/q+1. The Balaban J connectivity index is 2.41. The van der Waals surface area contributed by atoms with Crippen molar-refractivity contribution in [2.45, 2.75) is 0 Å². The van der Waals surface area contributed by atoms with Gasteiger partial charge in [-0.05, 0) is 18.2 Å². The average Bonchev–Trinajstić information content (AvgIpc) is 2.75. The molecule has 0 unspecified atom stereocenters. The molecule has 4 rings (SSSR count). The van der Waals surface area contributed by atoms with Gasteiger partial charge in [-0.2, -0.15) is 9.13 Å². The molecule has 0 amide bonds. The number of benzene rings is 1. The van der Waals surface area contributed by atoms with Gasteiger partial charge in [0.05, 0.1) is 14.1 Å². The van der Waals surface area contributed by atoms with Crippen molar-refractivity contribution >= 4 is 21.9 Å². The van der Waals surface area contributed by atoms with E-state index in [-0.39, 0.29) is 11.2 Å². The van der Waals surface area contributed by atoms with E-state index in [0.717, 1.165) is 21.2 Å². The molecular formula is C19H16N3O2+. The smallest absolute Gasteiger partial charge is 0.250 e. The van der Waals surface area contributed by atoms with E-state index >= 15 is 0 Å². The van der Waals surface area contributed by atoms with Gasteiger partial charge < -0.3 is 0 Å². The van der Waals surface area contributed by atoms with E-state index in [4.69, 9.17) is 0 Å². The SMILES string of the molecule is Cn1c(=O)c2c3cccccc3n(-c3ccccc3)c2[n+](C)c1=O. The molecule has 2 aromatic carbocycles. The number of para-hydroxylation sites is 1. The Morgan fingerprint density at radius 1 is 0.875 bits per heavy atom. The van der Waals surface area contributed by atoms with Gasteiger partial charge >= 0.3 is 11.2 Å². The van der Waals surface area contributed by atoms with Crippen molar-refractivity contribution in [1.29, 1.82) is 0 Å². The van der Waals surface area contributed by atoms with Crippen LogP contribution in [0.2, 0.25) is 0 Å². The number of hydrogen-bond acceptors (Lipinski definition) is 2. The maximum absolute atomic E-state index is 12.8. The lowest BCUT2D eigenvalue weighted by Gasteiger charge is -2.03. The minimum Gasteiger partial charge on any atom is -0.250 e. The average molecular weight is 318 g/mol. The molecule has 0 aliphatic rings. The molecule has 0 fully saturated rings. The minimum atomic E-state index is -0.336. The lowest BCUT2D eigenvalue weighted by atomic mass is 10.2. The summed E-state index contributed by atoms with van der Waals surface area (Å²) in [5.41, 5.74) is 1.79. The van der Waals surface area contributed by atoms with E-state index in [1.54, 1.807) is 7.05 Å². The third kappa shape index (κ3) is 1.84. The van der Waals surface area contributed by atoms with Gasteiger partial charge in [-0.25, -0.2) is 14.2 Å². The molecule has 118 valence electrons. The molecule has 0 saturated heterocycles. The molecular weight excluding hydrogens is 302 g/mol. The van der Waals surface area contributed by atoms with Gasteiger partial charge in [0.2, 0.25) is 0 Å². The third-order valence-corrected chi connectivity index (χ3v) is 4.39. The highest BCUT2D eigenvalue weighted by Gasteiger charge is 2.25. The molecule has 0 radical (unpaired) electrons. The predicted molar refractivity (Wildman–Crippen MR) is 93.5 cm³/mol. The lowest BCUT2D eigenvalue weighted by molar-refractivity contribution is -0.667. The maximum atomic E-state index is 12.8. The fourth-order valence-electron chi connectivity index (χ4n) is 3.23. The Kier molecular flexibility index (Phi) is 3.09. The second-order valence-corrected chi connectivity index (χ2v) is 5.78. The van der Waals surface area contributed by atoms with Crippen LogP contribution >= 0.6 is 0 Å². The quantitative estimate of drug-likeness (QED) is 0.501. The summed E-state index contributed by atoms with van der Waals surface area (Å²) in [7, 11) is 3.21. The Labute approximate surface area is 137 Å². The first-order valence-corrected chi connectivity index (χ1v) is 7.69. The zero-order valence-corrected chi connectivity index (χ0v) is 13.4. The Hall–Kier alpha value is -3.21. The number of aryl methyl sites for hydroxylation is 1. The van der Waals surface area contributed by atoms with Crippen LogP contribution in [0.25, 0.3) is 27.6 Å². The zero-order valence-electron chi connectivity index (χ0n) is 13.4. The Bertz CT molecular complexity index is 1200. The lowest BCUT2D eigenvalue weighted by Crippen LogP contribution is -2.55. The van der Waals surface area contributed by atoms with Crippen molar-refractivity contribution in [3.63, 3.8) is 0 Å². The van der Waals surface area contributed by atoms with Crippen molar-refractivity contribution in [2.75, 3.05) is 0 Å². The second kappa shape index (κ2) is 5.16. The maximum Gasteiger partial charge on any atom is 0.445 e. The van der Waals surface area contributed by atoms with Crippen molar-refractivity contribution in [3.8, 4) is 5.69 Å². The van der Waals surface area contributed by atoms with Crippen LogP contribution in [0.5, 0.6) is 0 Å². The van der Waals surface area contributed by atoms with E-state index in [1.165, 1.54) is 11.6 Å². The van der Waals surface area contributed by atoms with Gasteiger partial charge in [-0.1, -0.05) is 42.5 Å². The number of nitrogens with zero attached hydrogens (tertiary/aromatic N) is 3. The molecule has 5 nitrogen and oxygen atoms in total. The first kappa shape index (κ1) is 14.4. The number of aromatic nitrogens is 3. The molecule has 0 spiro atoms. The summed E-state index contributed by atoms with van der Waals surface area (Å²) in [4.78, 5) is 25.2. The molecule has 0 N–H and O–H groups in total. The van der Waals surface area contributed by atoms with Gasteiger partial charge in [0, 0.05) is 5.39 Å². The van der Waals surface area contributed by atoms with E-state index in [0.29, 0.717) is 11.0 Å². The molecule has 0 aliphatic carbocycles. The summed E-state index contributed by atoms with van der Waals surface area (Å²) in [6.45, 7) is 0. The monoisotopic (exact) mass is 318 g/mol. The summed E-state index contributed by atoms with van der Waals surface area (Å²) >= 11 is 0. The number of hydrogen-bond donors (Lipinski definition) is 0. The van der Waals surface area contributed by atoms with Gasteiger partial charge in [0.25, 0.3) is 5.65 Å². The second-order valence-electron chi connectivity index (χ2n) is 5.78. The highest BCUT2D eigenvalue weighted by atomic mass is 16.2. The van der Waals surface area contributed by atoms with E-state index in [2.05, 4.69) is 0 Å². The molecule has 5 heteroatoms. The van der Waals surface area contributed by atoms with Crippen LogP contribution in [0.3, 0.4) is 0 Å². The largest absolute Gasteiger partial charge is 0.445 e. The van der Waals surface area contributed by atoms with Crippen LogP contribution in [-0.2, 0) is 14.1 Å². The summed E-state index contributed by atoms with van der Waals surface area (Å²) in [6.07, 6.45) is 0. The van der Waals surface area contributed by atoms with Gasteiger partial charge in [-0.3, -0.25) is 0 Å². The first-order chi connectivity index (χ1) is 11.6. The van der Waals surface area contributed by atoms with Gasteiger partial charge in [0.15, 0.2) is 0 Å². The third-order valence-electron chi connectivity index (χ3n) is 4.39. The molecule has 0 atom stereocenters. The van der Waals surface area contributed by atoms with Crippen LogP contribution in [0.15, 0.2) is 70.3 Å². The number of rotatable bonds is 1. The zero-order chi connectivity index (χ0) is 16.8. The minimum absolute atomic E-state index is 0.279. The Morgan fingerprint density at radius 3 is 2.21 bits per heavy atom. The molecule has 0 bridgehead atoms.